The lowest BCUT2D eigenvalue weighted by Crippen LogP contribution is -2.38. The Bertz CT molecular complexity index is 1210. The Morgan fingerprint density at radius 3 is 2.28 bits per heavy atom. The first-order chi connectivity index (χ1) is 15.4. The fourth-order valence-electron chi connectivity index (χ4n) is 3.79. The molecule has 1 atom stereocenters. The van der Waals surface area contributed by atoms with Crippen LogP contribution in [0.15, 0.2) is 82.9 Å². The largest absolute Gasteiger partial charge is 0.479 e. The van der Waals surface area contributed by atoms with Crippen molar-refractivity contribution in [3.8, 4) is 11.1 Å². The highest BCUT2D eigenvalue weighted by Crippen LogP contribution is 2.31. The van der Waals surface area contributed by atoms with Crippen molar-refractivity contribution < 1.29 is 19.5 Å². The lowest BCUT2D eigenvalue weighted by atomic mass is 9.87. The molecule has 0 saturated heterocycles. The molecule has 0 bridgehead atoms. The van der Waals surface area contributed by atoms with Gasteiger partial charge in [-0.2, -0.15) is 0 Å². The molecule has 1 aliphatic rings. The minimum Gasteiger partial charge on any atom is -0.479 e. The highest BCUT2D eigenvalue weighted by atomic mass is 35.5. The molecule has 0 aliphatic carbocycles. The molecule has 3 aromatic carbocycles. The molecule has 1 aliphatic heterocycles. The van der Waals surface area contributed by atoms with Crippen molar-refractivity contribution in [2.45, 2.75) is 25.1 Å². The molecule has 0 saturated carbocycles. The van der Waals surface area contributed by atoms with E-state index in [0.29, 0.717) is 22.8 Å². The predicted molar refractivity (Wildman–Crippen MR) is 123 cm³/mol. The first-order valence-corrected chi connectivity index (χ1v) is 10.4. The summed E-state index contributed by atoms with van der Waals surface area (Å²) >= 11 is 5.93. The second-order valence-electron chi connectivity index (χ2n) is 7.68. The molecular formula is C25H20ClFN2O3. The zero-order valence-corrected chi connectivity index (χ0v) is 17.8. The maximum Gasteiger partial charge on any atom is 0.342 e. The lowest BCUT2D eigenvalue weighted by Gasteiger charge is -2.21. The molecule has 2 N–H and O–H groups in total. The van der Waals surface area contributed by atoms with Crippen molar-refractivity contribution in [3.05, 3.63) is 94.5 Å². The molecule has 4 rings (SSSR count). The van der Waals surface area contributed by atoms with Crippen LogP contribution in [0.1, 0.15) is 29.5 Å². The van der Waals surface area contributed by atoms with E-state index in [1.54, 1.807) is 42.5 Å². The van der Waals surface area contributed by atoms with E-state index >= 15 is 4.39 Å². The van der Waals surface area contributed by atoms with Crippen LogP contribution in [0.25, 0.3) is 11.1 Å². The molecule has 0 amide bonds. The Morgan fingerprint density at radius 1 is 1.03 bits per heavy atom. The number of aliphatic imine (C=N–C) groups is 1. The summed E-state index contributed by atoms with van der Waals surface area (Å²) < 4.78 is 15.7. The number of hydrogen-bond acceptors (Lipinski definition) is 4. The lowest BCUT2D eigenvalue weighted by molar-refractivity contribution is -0.149. The fraction of sp³-hybridized carbons (Fsp3) is 0.160. The average molecular weight is 451 g/mol. The van der Waals surface area contributed by atoms with Gasteiger partial charge in [-0.3, -0.25) is 4.99 Å². The van der Waals surface area contributed by atoms with Gasteiger partial charge in [-0.25, -0.2) is 9.18 Å². The third-order valence-corrected chi connectivity index (χ3v) is 5.82. The number of carboxylic acid groups (broad SMARTS) is 1. The second-order valence-corrected chi connectivity index (χ2v) is 8.11. The van der Waals surface area contributed by atoms with Gasteiger partial charge in [0.1, 0.15) is 0 Å². The summed E-state index contributed by atoms with van der Waals surface area (Å²) in [7, 11) is 0. The Labute approximate surface area is 189 Å². The normalized spacial score (nSPS) is 15.1. The van der Waals surface area contributed by atoms with Crippen LogP contribution >= 0.6 is 11.6 Å². The van der Waals surface area contributed by atoms with Crippen LogP contribution in [-0.2, 0) is 11.3 Å². The predicted octanol–water partition coefficient (Wildman–Crippen LogP) is 5.76. The van der Waals surface area contributed by atoms with E-state index in [-0.39, 0.29) is 5.71 Å². The van der Waals surface area contributed by atoms with E-state index in [2.05, 4.69) is 10.1 Å². The number of alkyl halides is 1. The van der Waals surface area contributed by atoms with Crippen molar-refractivity contribution in [2.24, 2.45) is 10.1 Å². The number of hydrogen-bond donors (Lipinski definition) is 2. The average Bonchev–Trinajstić information content (AvgIpc) is 3.21. The van der Waals surface area contributed by atoms with Crippen molar-refractivity contribution in [1.82, 2.24) is 0 Å². The topological polar surface area (TPSA) is 82.2 Å². The number of rotatable bonds is 7. The molecule has 1 unspecified atom stereocenters. The van der Waals surface area contributed by atoms with Gasteiger partial charge < -0.3 is 10.3 Å². The Morgan fingerprint density at radius 2 is 1.66 bits per heavy atom. The quantitative estimate of drug-likeness (QED) is 0.272. The van der Waals surface area contributed by atoms with Crippen LogP contribution in [0.4, 0.5) is 4.39 Å². The molecule has 7 heteroatoms. The second kappa shape index (κ2) is 8.93. The Kier molecular flexibility index (Phi) is 6.06. The number of halogens is 2. The standard InChI is InChI=1S/C25H20ClFN2O3/c26-20-11-9-17(10-12-20)16-5-7-18(8-6-16)22(29-32)13-25(27,24(30)31)14-23-21-4-2-1-3-19(21)15-28-23/h1-12,32H,13-15H2,(H,30,31). The number of benzene rings is 3. The molecule has 0 spiro atoms. The van der Waals surface area contributed by atoms with Crippen LogP contribution in [-0.4, -0.2) is 33.4 Å². The maximum absolute atomic E-state index is 15.7. The molecule has 3 aromatic rings. The third kappa shape index (κ3) is 4.41. The van der Waals surface area contributed by atoms with Crippen LogP contribution < -0.4 is 0 Å². The van der Waals surface area contributed by atoms with Crippen LogP contribution in [0.5, 0.6) is 0 Å². The molecule has 5 nitrogen and oxygen atoms in total. The van der Waals surface area contributed by atoms with Crippen molar-refractivity contribution in [2.75, 3.05) is 0 Å². The molecule has 162 valence electrons. The Hall–Kier alpha value is -3.51. The fourth-order valence-corrected chi connectivity index (χ4v) is 3.92. The SMILES string of the molecule is O=C(O)C(F)(CC(=NO)c1ccc(-c2ccc(Cl)cc2)cc1)CC1=NCc2ccccc21. The maximum atomic E-state index is 15.7. The number of fused-ring (bicyclic) bond motifs is 1. The number of carboxylic acids is 1. The summed E-state index contributed by atoms with van der Waals surface area (Å²) in [6.07, 6.45) is -1.01. The minimum atomic E-state index is -2.67. The highest BCUT2D eigenvalue weighted by Gasteiger charge is 2.43. The highest BCUT2D eigenvalue weighted by molar-refractivity contribution is 6.30. The number of aliphatic carboxylic acids is 1. The summed E-state index contributed by atoms with van der Waals surface area (Å²) in [4.78, 5) is 16.2. The monoisotopic (exact) mass is 450 g/mol. The van der Waals surface area contributed by atoms with Crippen LogP contribution in [0.3, 0.4) is 0 Å². The van der Waals surface area contributed by atoms with Gasteiger partial charge in [0.25, 0.3) is 0 Å². The first kappa shape index (κ1) is 21.7. The van der Waals surface area contributed by atoms with Gasteiger partial charge in [-0.05, 0) is 34.4 Å². The van der Waals surface area contributed by atoms with Crippen molar-refractivity contribution >= 4 is 29.0 Å². The van der Waals surface area contributed by atoms with Crippen LogP contribution in [0, 0.1) is 0 Å². The molecule has 0 radical (unpaired) electrons. The number of oxime groups is 1. The molecular weight excluding hydrogens is 431 g/mol. The summed E-state index contributed by atoms with van der Waals surface area (Å²) in [6.45, 7) is 0.397. The molecule has 32 heavy (non-hydrogen) atoms. The summed E-state index contributed by atoms with van der Waals surface area (Å²) in [6, 6.07) is 21.6. The van der Waals surface area contributed by atoms with E-state index in [1.807, 2.05) is 30.3 Å². The summed E-state index contributed by atoms with van der Waals surface area (Å²) in [5, 5.41) is 23.1. The zero-order valence-electron chi connectivity index (χ0n) is 17.0. The smallest absolute Gasteiger partial charge is 0.342 e. The van der Waals surface area contributed by atoms with Crippen molar-refractivity contribution in [1.29, 1.82) is 0 Å². The van der Waals surface area contributed by atoms with E-state index in [1.165, 1.54) is 0 Å². The summed E-state index contributed by atoms with van der Waals surface area (Å²) in [5.74, 6) is -1.62. The zero-order chi connectivity index (χ0) is 22.7. The van der Waals surface area contributed by atoms with E-state index in [9.17, 15) is 15.1 Å². The van der Waals surface area contributed by atoms with E-state index in [0.717, 1.165) is 22.3 Å². The Balaban J connectivity index is 1.55. The van der Waals surface area contributed by atoms with Gasteiger partial charge >= 0.3 is 5.97 Å². The summed E-state index contributed by atoms with van der Waals surface area (Å²) in [5.41, 5.74) is 1.63. The molecule has 0 aromatic heterocycles. The minimum absolute atomic E-state index is 0.0514. The van der Waals surface area contributed by atoms with Gasteiger partial charge in [-0.1, -0.05) is 77.4 Å². The molecule has 1 heterocycles. The van der Waals surface area contributed by atoms with E-state index in [4.69, 9.17) is 11.6 Å². The van der Waals surface area contributed by atoms with Gasteiger partial charge in [-0.15, -0.1) is 0 Å². The van der Waals surface area contributed by atoms with Crippen LogP contribution in [0.2, 0.25) is 5.02 Å². The first-order valence-electron chi connectivity index (χ1n) is 10.0. The third-order valence-electron chi connectivity index (χ3n) is 5.56. The van der Waals surface area contributed by atoms with Gasteiger partial charge in [0.15, 0.2) is 0 Å². The van der Waals surface area contributed by atoms with Crippen molar-refractivity contribution in [3.63, 3.8) is 0 Å². The molecule has 0 fully saturated rings. The van der Waals surface area contributed by atoms with E-state index < -0.39 is 24.5 Å². The van der Waals surface area contributed by atoms with Gasteiger partial charge in [0.2, 0.25) is 5.67 Å². The van der Waals surface area contributed by atoms with Gasteiger partial charge in [0.05, 0.1) is 12.3 Å². The van der Waals surface area contributed by atoms with Gasteiger partial charge in [0, 0.05) is 29.1 Å². The number of carbonyl (C=O) groups is 1. The number of nitrogens with zero attached hydrogens (tertiary/aromatic N) is 2.